The van der Waals surface area contributed by atoms with Gasteiger partial charge in [-0.15, -0.1) is 11.8 Å². The molecule has 0 fully saturated rings. The number of thioether (sulfide) groups is 1. The smallest absolute Gasteiger partial charge is 0.0506 e. The van der Waals surface area contributed by atoms with E-state index in [1.807, 2.05) is 17.8 Å². The molecule has 2 rings (SSSR count). The van der Waals surface area contributed by atoms with Crippen molar-refractivity contribution in [2.75, 3.05) is 0 Å². The van der Waals surface area contributed by atoms with E-state index in [9.17, 15) is 0 Å². The van der Waals surface area contributed by atoms with Crippen LogP contribution in [-0.4, -0.2) is 6.04 Å². The molecule has 0 saturated heterocycles. The normalized spacial score (nSPS) is 14.0. The average molecular weight is 350 g/mol. The summed E-state index contributed by atoms with van der Waals surface area (Å²) >= 11 is 5.49. The van der Waals surface area contributed by atoms with Crippen molar-refractivity contribution >= 4 is 27.7 Å². The highest BCUT2D eigenvalue weighted by atomic mass is 79.9. The van der Waals surface area contributed by atoms with Crippen LogP contribution < -0.4 is 5.73 Å². The van der Waals surface area contributed by atoms with Gasteiger partial charge in [0.15, 0.2) is 0 Å². The van der Waals surface area contributed by atoms with E-state index in [-0.39, 0.29) is 11.3 Å². The van der Waals surface area contributed by atoms with Crippen LogP contribution in [0.5, 0.6) is 0 Å². The number of rotatable bonds is 5. The van der Waals surface area contributed by atoms with Crippen LogP contribution in [0, 0.1) is 6.92 Å². The van der Waals surface area contributed by atoms with Gasteiger partial charge in [-0.25, -0.2) is 0 Å². The van der Waals surface area contributed by atoms with Gasteiger partial charge in [0.2, 0.25) is 0 Å². The minimum Gasteiger partial charge on any atom is -0.326 e. The first-order chi connectivity index (χ1) is 9.61. The van der Waals surface area contributed by atoms with E-state index in [2.05, 4.69) is 72.2 Å². The summed E-state index contributed by atoms with van der Waals surface area (Å²) in [7, 11) is 0. The molecule has 2 aromatic rings. The molecule has 0 aliphatic rings. The third kappa shape index (κ3) is 3.87. The number of hydrogen-bond donors (Lipinski definition) is 1. The molecule has 106 valence electrons. The highest BCUT2D eigenvalue weighted by molar-refractivity contribution is 9.10. The van der Waals surface area contributed by atoms with E-state index < -0.39 is 0 Å². The van der Waals surface area contributed by atoms with Crippen molar-refractivity contribution in [3.63, 3.8) is 0 Å². The Labute approximate surface area is 134 Å². The van der Waals surface area contributed by atoms with Gasteiger partial charge in [0.1, 0.15) is 0 Å². The summed E-state index contributed by atoms with van der Waals surface area (Å²) in [6.07, 6.45) is 0.963. The van der Waals surface area contributed by atoms with E-state index in [1.165, 1.54) is 16.0 Å². The fourth-order valence-corrected chi connectivity index (χ4v) is 4.03. The van der Waals surface area contributed by atoms with Gasteiger partial charge in [0, 0.05) is 15.4 Å². The molecule has 2 atom stereocenters. The molecule has 0 spiro atoms. The lowest BCUT2D eigenvalue weighted by Crippen LogP contribution is -2.25. The second-order valence-corrected chi connectivity index (χ2v) is 7.01. The Kier molecular flexibility index (Phi) is 5.70. The molecular weight excluding hydrogens is 330 g/mol. The number of hydrogen-bond acceptors (Lipinski definition) is 2. The van der Waals surface area contributed by atoms with Gasteiger partial charge >= 0.3 is 0 Å². The maximum Gasteiger partial charge on any atom is 0.0506 e. The average Bonchev–Trinajstić information content (AvgIpc) is 2.47. The van der Waals surface area contributed by atoms with Crippen LogP contribution in [0.15, 0.2) is 57.9 Å². The molecular formula is C17H20BrNS. The predicted octanol–water partition coefficient (Wildman–Crippen LogP) is 5.33. The van der Waals surface area contributed by atoms with Gasteiger partial charge in [-0.1, -0.05) is 58.7 Å². The quantitative estimate of drug-likeness (QED) is 0.738. The molecule has 20 heavy (non-hydrogen) atoms. The molecule has 0 aliphatic carbocycles. The molecule has 3 heteroatoms. The maximum absolute atomic E-state index is 6.35. The molecule has 0 saturated carbocycles. The minimum atomic E-state index is 0.139. The van der Waals surface area contributed by atoms with Gasteiger partial charge in [0.25, 0.3) is 0 Å². The van der Waals surface area contributed by atoms with Crippen LogP contribution in [0.3, 0.4) is 0 Å². The largest absolute Gasteiger partial charge is 0.326 e. The molecule has 1 nitrogen and oxygen atoms in total. The number of benzene rings is 2. The van der Waals surface area contributed by atoms with Gasteiger partial charge in [0.05, 0.1) is 5.25 Å². The Balaban J connectivity index is 2.29. The zero-order valence-electron chi connectivity index (χ0n) is 11.8. The van der Waals surface area contributed by atoms with Crippen LogP contribution in [0.2, 0.25) is 0 Å². The first-order valence-electron chi connectivity index (χ1n) is 6.85. The Morgan fingerprint density at radius 1 is 1.10 bits per heavy atom. The van der Waals surface area contributed by atoms with Crippen LogP contribution in [0.25, 0.3) is 0 Å². The zero-order valence-corrected chi connectivity index (χ0v) is 14.2. The lowest BCUT2D eigenvalue weighted by molar-refractivity contribution is 0.633. The number of halogens is 1. The molecule has 2 unspecified atom stereocenters. The molecule has 0 amide bonds. The molecule has 0 heterocycles. The molecule has 2 N–H and O–H groups in total. The third-order valence-electron chi connectivity index (χ3n) is 3.36. The van der Waals surface area contributed by atoms with Crippen LogP contribution >= 0.6 is 27.7 Å². The molecule has 2 aromatic carbocycles. The van der Waals surface area contributed by atoms with Gasteiger partial charge in [-0.2, -0.15) is 0 Å². The first-order valence-corrected chi connectivity index (χ1v) is 8.52. The van der Waals surface area contributed by atoms with Crippen molar-refractivity contribution in [2.24, 2.45) is 5.73 Å². The maximum atomic E-state index is 6.35. The van der Waals surface area contributed by atoms with Crippen molar-refractivity contribution in [1.29, 1.82) is 0 Å². The van der Waals surface area contributed by atoms with E-state index in [1.54, 1.807) is 0 Å². The Bertz CT molecular complexity index is 553. The summed E-state index contributed by atoms with van der Waals surface area (Å²) in [4.78, 5) is 1.26. The molecule has 0 radical (unpaired) electrons. The lowest BCUT2D eigenvalue weighted by atomic mass is 10.0. The topological polar surface area (TPSA) is 26.0 Å². The second-order valence-electron chi connectivity index (χ2n) is 4.95. The monoisotopic (exact) mass is 349 g/mol. The minimum absolute atomic E-state index is 0.139. The summed E-state index contributed by atoms with van der Waals surface area (Å²) in [5, 5.41) is 0.262. The lowest BCUT2D eigenvalue weighted by Gasteiger charge is -2.24. The van der Waals surface area contributed by atoms with Crippen molar-refractivity contribution < 1.29 is 0 Å². The van der Waals surface area contributed by atoms with Crippen molar-refractivity contribution in [3.8, 4) is 0 Å². The van der Waals surface area contributed by atoms with Gasteiger partial charge in [-0.3, -0.25) is 0 Å². The Hall–Kier alpha value is -0.770. The first kappa shape index (κ1) is 15.6. The van der Waals surface area contributed by atoms with Crippen molar-refractivity contribution in [1.82, 2.24) is 0 Å². The second kappa shape index (κ2) is 7.30. The van der Waals surface area contributed by atoms with E-state index >= 15 is 0 Å². The fourth-order valence-electron chi connectivity index (χ4n) is 2.06. The van der Waals surface area contributed by atoms with Crippen LogP contribution in [0.1, 0.15) is 29.7 Å². The standard InChI is InChI=1S/C17H20BrNS/c1-3-16(19)17(14-6-4-5-7-15(14)18)20-13-10-8-12(2)9-11-13/h4-11,16-17H,3,19H2,1-2H3. The highest BCUT2D eigenvalue weighted by Gasteiger charge is 2.21. The molecule has 0 aromatic heterocycles. The SMILES string of the molecule is CCC(N)C(Sc1ccc(C)cc1)c1ccccc1Br. The molecule has 0 aliphatic heterocycles. The summed E-state index contributed by atoms with van der Waals surface area (Å²) in [5.74, 6) is 0. The predicted molar refractivity (Wildman–Crippen MR) is 92.2 cm³/mol. The Morgan fingerprint density at radius 3 is 2.35 bits per heavy atom. The van der Waals surface area contributed by atoms with Crippen LogP contribution in [-0.2, 0) is 0 Å². The van der Waals surface area contributed by atoms with E-state index in [4.69, 9.17) is 5.73 Å². The summed E-state index contributed by atoms with van der Waals surface area (Å²) in [5.41, 5.74) is 8.91. The van der Waals surface area contributed by atoms with Gasteiger partial charge < -0.3 is 5.73 Å². The highest BCUT2D eigenvalue weighted by Crippen LogP contribution is 2.40. The summed E-state index contributed by atoms with van der Waals surface area (Å²) in [6.45, 7) is 4.25. The summed E-state index contributed by atoms with van der Waals surface area (Å²) < 4.78 is 1.13. The van der Waals surface area contributed by atoms with E-state index in [0.717, 1.165) is 10.9 Å². The summed E-state index contributed by atoms with van der Waals surface area (Å²) in [6, 6.07) is 17.1. The fraction of sp³-hybridized carbons (Fsp3) is 0.294. The van der Waals surface area contributed by atoms with Crippen LogP contribution in [0.4, 0.5) is 0 Å². The zero-order chi connectivity index (χ0) is 14.5. The number of aryl methyl sites for hydroxylation is 1. The van der Waals surface area contributed by atoms with Crippen molar-refractivity contribution in [3.05, 3.63) is 64.1 Å². The van der Waals surface area contributed by atoms with Gasteiger partial charge in [-0.05, 0) is 37.1 Å². The molecule has 0 bridgehead atoms. The van der Waals surface area contributed by atoms with Crippen molar-refractivity contribution in [2.45, 2.75) is 36.5 Å². The number of nitrogens with two attached hydrogens (primary N) is 1. The Morgan fingerprint density at radius 2 is 1.75 bits per heavy atom. The third-order valence-corrected chi connectivity index (χ3v) is 5.48. The van der Waals surface area contributed by atoms with E-state index in [0.29, 0.717) is 0 Å².